The van der Waals surface area contributed by atoms with E-state index in [0.29, 0.717) is 24.6 Å². The van der Waals surface area contributed by atoms with Crippen LogP contribution in [0.15, 0.2) is 30.9 Å². The predicted molar refractivity (Wildman–Crippen MR) is 66.1 cm³/mol. The molecule has 18 heavy (non-hydrogen) atoms. The normalized spacial score (nSPS) is 10.1. The molecule has 94 valence electrons. The SMILES string of the molecule is CNc1ccc(C(=O)NCCn2ccnc2)nn1. The Kier molecular flexibility index (Phi) is 3.85. The molecule has 0 aromatic carbocycles. The van der Waals surface area contributed by atoms with Gasteiger partial charge in [0.1, 0.15) is 5.82 Å². The molecule has 0 aliphatic heterocycles. The van der Waals surface area contributed by atoms with Crippen molar-refractivity contribution < 1.29 is 4.79 Å². The predicted octanol–water partition coefficient (Wildman–Crippen LogP) is 0.145. The Balaban J connectivity index is 1.83. The number of nitrogens with one attached hydrogen (secondary N) is 2. The van der Waals surface area contributed by atoms with Gasteiger partial charge >= 0.3 is 0 Å². The van der Waals surface area contributed by atoms with Crippen molar-refractivity contribution in [2.75, 3.05) is 18.9 Å². The number of aromatic nitrogens is 4. The highest BCUT2D eigenvalue weighted by Crippen LogP contribution is 2.00. The number of anilines is 1. The van der Waals surface area contributed by atoms with E-state index in [-0.39, 0.29) is 5.91 Å². The lowest BCUT2D eigenvalue weighted by Crippen LogP contribution is -2.28. The molecule has 2 heterocycles. The topological polar surface area (TPSA) is 84.7 Å². The zero-order valence-electron chi connectivity index (χ0n) is 10.00. The van der Waals surface area contributed by atoms with E-state index in [2.05, 4.69) is 25.8 Å². The van der Waals surface area contributed by atoms with Gasteiger partial charge in [0, 0.05) is 32.5 Å². The van der Waals surface area contributed by atoms with Crippen LogP contribution in [0.5, 0.6) is 0 Å². The van der Waals surface area contributed by atoms with Crippen molar-refractivity contribution >= 4 is 11.7 Å². The highest BCUT2D eigenvalue weighted by molar-refractivity contribution is 5.92. The van der Waals surface area contributed by atoms with Gasteiger partial charge in [-0.1, -0.05) is 0 Å². The third-order valence-corrected chi connectivity index (χ3v) is 2.37. The summed E-state index contributed by atoms with van der Waals surface area (Å²) in [4.78, 5) is 15.6. The molecule has 2 aromatic rings. The summed E-state index contributed by atoms with van der Waals surface area (Å²) in [5, 5.41) is 13.3. The Labute approximate surface area is 104 Å². The largest absolute Gasteiger partial charge is 0.372 e. The standard InChI is InChI=1S/C11H14N6O/c1-12-10-3-2-9(15-16-10)11(18)14-5-7-17-6-4-13-8-17/h2-4,6,8H,5,7H2,1H3,(H,12,16)(H,14,18). The first kappa shape index (κ1) is 12.0. The molecule has 0 aliphatic rings. The molecule has 0 aliphatic carbocycles. The quantitative estimate of drug-likeness (QED) is 0.784. The van der Waals surface area contributed by atoms with Crippen molar-refractivity contribution in [1.82, 2.24) is 25.1 Å². The zero-order chi connectivity index (χ0) is 12.8. The van der Waals surface area contributed by atoms with Crippen molar-refractivity contribution in [2.45, 2.75) is 6.54 Å². The van der Waals surface area contributed by atoms with Gasteiger partial charge in [0.05, 0.1) is 6.33 Å². The van der Waals surface area contributed by atoms with E-state index in [1.165, 1.54) is 0 Å². The summed E-state index contributed by atoms with van der Waals surface area (Å²) >= 11 is 0. The van der Waals surface area contributed by atoms with E-state index < -0.39 is 0 Å². The minimum Gasteiger partial charge on any atom is -0.372 e. The third kappa shape index (κ3) is 3.03. The molecule has 7 heteroatoms. The first-order chi connectivity index (χ1) is 8.79. The van der Waals surface area contributed by atoms with E-state index >= 15 is 0 Å². The summed E-state index contributed by atoms with van der Waals surface area (Å²) in [5.41, 5.74) is 0.305. The number of carbonyl (C=O) groups excluding carboxylic acids is 1. The summed E-state index contributed by atoms with van der Waals surface area (Å²) in [6, 6.07) is 3.34. The van der Waals surface area contributed by atoms with Crippen molar-refractivity contribution in [3.63, 3.8) is 0 Å². The van der Waals surface area contributed by atoms with Crippen LogP contribution in [0.2, 0.25) is 0 Å². The average molecular weight is 246 g/mol. The molecule has 0 atom stereocenters. The zero-order valence-corrected chi connectivity index (χ0v) is 10.00. The van der Waals surface area contributed by atoms with Gasteiger partial charge in [-0.15, -0.1) is 10.2 Å². The van der Waals surface area contributed by atoms with Gasteiger partial charge in [-0.2, -0.15) is 0 Å². The van der Waals surface area contributed by atoms with Crippen LogP contribution < -0.4 is 10.6 Å². The molecule has 0 fully saturated rings. The molecule has 0 spiro atoms. The minimum absolute atomic E-state index is 0.231. The number of hydrogen-bond acceptors (Lipinski definition) is 5. The van der Waals surface area contributed by atoms with E-state index in [4.69, 9.17) is 0 Å². The summed E-state index contributed by atoms with van der Waals surface area (Å²) in [6.45, 7) is 1.19. The Hall–Kier alpha value is -2.44. The maximum absolute atomic E-state index is 11.7. The molecule has 0 saturated heterocycles. The summed E-state index contributed by atoms with van der Waals surface area (Å²) in [5.74, 6) is 0.398. The minimum atomic E-state index is -0.231. The lowest BCUT2D eigenvalue weighted by Gasteiger charge is -2.05. The van der Waals surface area contributed by atoms with Gasteiger partial charge in [-0.3, -0.25) is 4.79 Å². The van der Waals surface area contributed by atoms with Crippen LogP contribution in [0.25, 0.3) is 0 Å². The highest BCUT2D eigenvalue weighted by Gasteiger charge is 2.06. The van der Waals surface area contributed by atoms with Crippen LogP contribution in [0.4, 0.5) is 5.82 Å². The fraction of sp³-hybridized carbons (Fsp3) is 0.273. The van der Waals surface area contributed by atoms with Crippen LogP contribution in [0.1, 0.15) is 10.5 Å². The molecular formula is C11H14N6O. The van der Waals surface area contributed by atoms with Gasteiger partial charge in [0.2, 0.25) is 0 Å². The van der Waals surface area contributed by atoms with Gasteiger partial charge in [0.15, 0.2) is 5.69 Å². The lowest BCUT2D eigenvalue weighted by molar-refractivity contribution is 0.0946. The van der Waals surface area contributed by atoms with Gasteiger partial charge in [0.25, 0.3) is 5.91 Å². The molecule has 2 rings (SSSR count). The monoisotopic (exact) mass is 246 g/mol. The van der Waals surface area contributed by atoms with Crippen molar-refractivity contribution in [1.29, 1.82) is 0 Å². The smallest absolute Gasteiger partial charge is 0.271 e. The Morgan fingerprint density at radius 3 is 2.89 bits per heavy atom. The highest BCUT2D eigenvalue weighted by atomic mass is 16.1. The van der Waals surface area contributed by atoms with E-state index in [1.54, 1.807) is 31.7 Å². The number of amides is 1. The number of carbonyl (C=O) groups is 1. The first-order valence-corrected chi connectivity index (χ1v) is 5.55. The molecule has 0 radical (unpaired) electrons. The lowest BCUT2D eigenvalue weighted by atomic mass is 10.3. The summed E-state index contributed by atoms with van der Waals surface area (Å²) in [6.07, 6.45) is 5.24. The molecule has 2 N–H and O–H groups in total. The Bertz CT molecular complexity index is 493. The third-order valence-electron chi connectivity index (χ3n) is 2.37. The van der Waals surface area contributed by atoms with Crippen LogP contribution in [-0.2, 0) is 6.54 Å². The van der Waals surface area contributed by atoms with Crippen LogP contribution >= 0.6 is 0 Å². The number of imidazole rings is 1. The Morgan fingerprint density at radius 1 is 1.39 bits per heavy atom. The van der Waals surface area contributed by atoms with Crippen molar-refractivity contribution in [3.8, 4) is 0 Å². The summed E-state index contributed by atoms with van der Waals surface area (Å²) < 4.78 is 1.88. The molecule has 0 saturated carbocycles. The summed E-state index contributed by atoms with van der Waals surface area (Å²) in [7, 11) is 1.74. The molecule has 7 nitrogen and oxygen atoms in total. The van der Waals surface area contributed by atoms with Crippen LogP contribution in [0, 0.1) is 0 Å². The molecular weight excluding hydrogens is 232 g/mol. The Morgan fingerprint density at radius 2 is 2.28 bits per heavy atom. The fourth-order valence-electron chi connectivity index (χ4n) is 1.39. The van der Waals surface area contributed by atoms with Crippen LogP contribution in [0.3, 0.4) is 0 Å². The van der Waals surface area contributed by atoms with Crippen molar-refractivity contribution in [3.05, 3.63) is 36.5 Å². The second-order valence-corrected chi connectivity index (χ2v) is 3.61. The van der Waals surface area contributed by atoms with Crippen molar-refractivity contribution in [2.24, 2.45) is 0 Å². The molecule has 0 unspecified atom stereocenters. The van der Waals surface area contributed by atoms with Crippen LogP contribution in [-0.4, -0.2) is 39.2 Å². The van der Waals surface area contributed by atoms with E-state index in [0.717, 1.165) is 0 Å². The molecule has 1 amide bonds. The van der Waals surface area contributed by atoms with E-state index in [9.17, 15) is 4.79 Å². The van der Waals surface area contributed by atoms with Gasteiger partial charge in [-0.25, -0.2) is 4.98 Å². The molecule has 0 bridgehead atoms. The number of rotatable bonds is 5. The molecule has 2 aromatic heterocycles. The fourth-order valence-corrected chi connectivity index (χ4v) is 1.39. The van der Waals surface area contributed by atoms with Gasteiger partial charge < -0.3 is 15.2 Å². The first-order valence-electron chi connectivity index (χ1n) is 5.55. The second kappa shape index (κ2) is 5.76. The average Bonchev–Trinajstić information content (AvgIpc) is 2.92. The van der Waals surface area contributed by atoms with E-state index in [1.807, 2.05) is 10.8 Å². The van der Waals surface area contributed by atoms with Gasteiger partial charge in [-0.05, 0) is 12.1 Å². The number of nitrogens with zero attached hydrogens (tertiary/aromatic N) is 4. The second-order valence-electron chi connectivity index (χ2n) is 3.61. The maximum atomic E-state index is 11.7. The maximum Gasteiger partial charge on any atom is 0.271 e. The number of hydrogen-bond donors (Lipinski definition) is 2.